The Balaban J connectivity index is 4.52. The van der Waals surface area contributed by atoms with Gasteiger partial charge in [-0.3, -0.25) is 14.4 Å². The molecule has 290 valence electrons. The fourth-order valence-corrected chi connectivity index (χ4v) is 6.58. The van der Waals surface area contributed by atoms with E-state index in [0.29, 0.717) is 39.0 Å². The van der Waals surface area contributed by atoms with Crippen LogP contribution in [0.2, 0.25) is 0 Å². The Morgan fingerprint density at radius 2 is 0.796 bits per heavy atom. The van der Waals surface area contributed by atoms with Crippen molar-refractivity contribution >= 4 is 17.7 Å². The number of rotatable bonds is 38. The molecule has 1 unspecified atom stereocenters. The molecule has 3 amide bonds. The minimum absolute atomic E-state index is 0.161. The number of amides is 3. The Morgan fingerprint density at radius 3 is 1.22 bits per heavy atom. The van der Waals surface area contributed by atoms with Crippen LogP contribution in [0.3, 0.4) is 0 Å². The fourth-order valence-electron chi connectivity index (χ4n) is 6.58. The Labute approximate surface area is 303 Å². The Bertz CT molecular complexity index is 751. The zero-order valence-electron chi connectivity index (χ0n) is 32.6. The molecule has 0 aromatic rings. The summed E-state index contributed by atoms with van der Waals surface area (Å²) in [6, 6.07) is -0.655. The van der Waals surface area contributed by atoms with Crippen molar-refractivity contribution in [1.82, 2.24) is 16.0 Å². The van der Waals surface area contributed by atoms with E-state index in [0.717, 1.165) is 44.9 Å². The second-order valence-corrected chi connectivity index (χ2v) is 14.5. The Morgan fingerprint density at radius 1 is 0.408 bits per heavy atom. The second kappa shape index (κ2) is 37.6. The summed E-state index contributed by atoms with van der Waals surface area (Å²) in [6.07, 6.45) is 35.4. The lowest BCUT2D eigenvalue weighted by atomic mass is 9.97. The van der Waals surface area contributed by atoms with Crippen molar-refractivity contribution in [3.05, 3.63) is 0 Å². The van der Waals surface area contributed by atoms with Crippen LogP contribution in [0.15, 0.2) is 0 Å². The third-order valence-corrected chi connectivity index (χ3v) is 9.83. The van der Waals surface area contributed by atoms with Crippen LogP contribution < -0.4 is 27.4 Å². The van der Waals surface area contributed by atoms with Crippen molar-refractivity contribution in [1.29, 1.82) is 0 Å². The molecule has 0 fully saturated rings. The number of nitrogens with two attached hydrogens (primary N) is 2. The van der Waals surface area contributed by atoms with Gasteiger partial charge < -0.3 is 27.4 Å². The van der Waals surface area contributed by atoms with Crippen LogP contribution >= 0.6 is 0 Å². The van der Waals surface area contributed by atoms with E-state index in [1.54, 1.807) is 0 Å². The summed E-state index contributed by atoms with van der Waals surface area (Å²) in [4.78, 5) is 39.6. The zero-order valence-corrected chi connectivity index (χ0v) is 32.6. The number of nitrogens with one attached hydrogen (secondary N) is 3. The van der Waals surface area contributed by atoms with Gasteiger partial charge in [0.1, 0.15) is 12.0 Å². The van der Waals surface area contributed by atoms with Crippen molar-refractivity contribution < 1.29 is 14.4 Å². The van der Waals surface area contributed by atoms with Crippen molar-refractivity contribution in [3.63, 3.8) is 0 Å². The molecule has 7 N–H and O–H groups in total. The summed E-state index contributed by atoms with van der Waals surface area (Å²) >= 11 is 0. The summed E-state index contributed by atoms with van der Waals surface area (Å²) in [6.45, 7) is 6.34. The lowest BCUT2D eigenvalue weighted by Gasteiger charge is -2.22. The van der Waals surface area contributed by atoms with Gasteiger partial charge in [0.05, 0.1) is 0 Å². The summed E-state index contributed by atoms with van der Waals surface area (Å²) < 4.78 is 0. The molecule has 0 radical (unpaired) electrons. The quantitative estimate of drug-likeness (QED) is 0.0325. The van der Waals surface area contributed by atoms with Crippen LogP contribution in [0.25, 0.3) is 0 Å². The maximum atomic E-state index is 13.4. The maximum absolute atomic E-state index is 13.4. The summed E-state index contributed by atoms with van der Waals surface area (Å²) in [5, 5.41) is 8.80. The molecule has 0 aliphatic rings. The van der Waals surface area contributed by atoms with Crippen LogP contribution in [0, 0.1) is 5.92 Å². The first kappa shape index (κ1) is 47.3. The van der Waals surface area contributed by atoms with E-state index in [9.17, 15) is 14.4 Å². The minimum atomic E-state index is -0.815. The van der Waals surface area contributed by atoms with Crippen molar-refractivity contribution in [2.24, 2.45) is 17.4 Å². The van der Waals surface area contributed by atoms with Crippen LogP contribution in [0.4, 0.5) is 0 Å². The molecule has 0 saturated carbocycles. The number of carbonyl (C=O) groups is 3. The van der Waals surface area contributed by atoms with Gasteiger partial charge in [-0.15, -0.1) is 0 Å². The predicted octanol–water partition coefficient (Wildman–Crippen LogP) is 8.98. The van der Waals surface area contributed by atoms with Gasteiger partial charge in [-0.05, 0) is 38.6 Å². The fraction of sp³-hybridized carbons (Fsp3) is 0.927. The molecule has 0 aliphatic carbocycles. The van der Waals surface area contributed by atoms with Crippen molar-refractivity contribution in [3.8, 4) is 0 Å². The van der Waals surface area contributed by atoms with Gasteiger partial charge in [0.25, 0.3) is 0 Å². The molecule has 0 spiro atoms. The third kappa shape index (κ3) is 30.8. The first-order valence-corrected chi connectivity index (χ1v) is 21.3. The molecule has 0 aromatic heterocycles. The van der Waals surface area contributed by atoms with E-state index in [2.05, 4.69) is 29.8 Å². The monoisotopic (exact) mass is 694 g/mol. The van der Waals surface area contributed by atoms with Crippen molar-refractivity contribution in [2.75, 3.05) is 26.2 Å². The molecular weight excluding hydrogens is 610 g/mol. The standard InChI is InChI=1S/C41H83N5O3/c1-3-5-7-9-11-13-15-17-18-19-21-23-25-27-31-37(39(47)45-36-34-43)40(48)46-38(32-28-29-33-42)41(49)44-35-30-26-24-22-20-16-14-12-10-8-6-4-2/h37-38H,3-36,42-43H2,1-2H3,(H,44,49)(H,45,47)(H,46,48)/t37?,38-/m0/s1. The van der Waals surface area contributed by atoms with Gasteiger partial charge in [0.15, 0.2) is 0 Å². The minimum Gasteiger partial charge on any atom is -0.354 e. The SMILES string of the molecule is CCCCCCCCCCCCCCCCC(C(=O)NCCN)C(=O)N[C@@H](CCCCN)C(=O)NCCCCCCCCCCCCCC. The first-order valence-electron chi connectivity index (χ1n) is 21.3. The normalized spacial score (nSPS) is 12.5. The van der Waals surface area contributed by atoms with Crippen LogP contribution in [-0.2, 0) is 14.4 Å². The highest BCUT2D eigenvalue weighted by Crippen LogP contribution is 2.17. The van der Waals surface area contributed by atoms with Crippen LogP contribution in [0.1, 0.15) is 206 Å². The van der Waals surface area contributed by atoms with Crippen molar-refractivity contribution in [2.45, 2.75) is 213 Å². The van der Waals surface area contributed by atoms with E-state index in [4.69, 9.17) is 11.5 Å². The highest BCUT2D eigenvalue weighted by molar-refractivity contribution is 6.01. The number of carbonyl (C=O) groups excluding carboxylic acids is 3. The first-order chi connectivity index (χ1) is 24.0. The topological polar surface area (TPSA) is 139 Å². The number of hydrogen-bond acceptors (Lipinski definition) is 5. The predicted molar refractivity (Wildman–Crippen MR) is 209 cm³/mol. The number of unbranched alkanes of at least 4 members (excludes halogenated alkanes) is 25. The van der Waals surface area contributed by atoms with E-state index in [1.807, 2.05) is 0 Å². The average Bonchev–Trinajstić information content (AvgIpc) is 3.10. The third-order valence-electron chi connectivity index (χ3n) is 9.83. The second-order valence-electron chi connectivity index (χ2n) is 14.5. The van der Waals surface area contributed by atoms with Crippen LogP contribution in [-0.4, -0.2) is 49.9 Å². The highest BCUT2D eigenvalue weighted by atomic mass is 16.2. The molecule has 8 nitrogen and oxygen atoms in total. The number of hydrogen-bond donors (Lipinski definition) is 5. The maximum Gasteiger partial charge on any atom is 0.242 e. The average molecular weight is 694 g/mol. The lowest BCUT2D eigenvalue weighted by molar-refractivity contribution is -0.138. The summed E-state index contributed by atoms with van der Waals surface area (Å²) in [5.41, 5.74) is 11.3. The molecule has 49 heavy (non-hydrogen) atoms. The van der Waals surface area contributed by atoms with Gasteiger partial charge in [0, 0.05) is 19.6 Å². The van der Waals surface area contributed by atoms with Gasteiger partial charge in [0.2, 0.25) is 17.7 Å². The molecule has 0 saturated heterocycles. The molecule has 0 aromatic carbocycles. The molecular formula is C41H83N5O3. The van der Waals surface area contributed by atoms with E-state index >= 15 is 0 Å². The largest absolute Gasteiger partial charge is 0.354 e. The smallest absolute Gasteiger partial charge is 0.242 e. The molecule has 0 bridgehead atoms. The van der Waals surface area contributed by atoms with Gasteiger partial charge in [-0.25, -0.2) is 0 Å². The van der Waals surface area contributed by atoms with E-state index in [-0.39, 0.29) is 17.7 Å². The van der Waals surface area contributed by atoms with Gasteiger partial charge in [-0.1, -0.05) is 174 Å². The Kier molecular flexibility index (Phi) is 36.3. The van der Waals surface area contributed by atoms with E-state index in [1.165, 1.54) is 135 Å². The summed E-state index contributed by atoms with van der Waals surface area (Å²) in [7, 11) is 0. The Hall–Kier alpha value is -1.67. The van der Waals surface area contributed by atoms with Crippen LogP contribution in [0.5, 0.6) is 0 Å². The zero-order chi connectivity index (χ0) is 36.0. The molecule has 0 aliphatic heterocycles. The van der Waals surface area contributed by atoms with E-state index < -0.39 is 12.0 Å². The highest BCUT2D eigenvalue weighted by Gasteiger charge is 2.29. The van der Waals surface area contributed by atoms with Gasteiger partial charge >= 0.3 is 0 Å². The van der Waals surface area contributed by atoms with Gasteiger partial charge in [-0.2, -0.15) is 0 Å². The lowest BCUT2D eigenvalue weighted by Crippen LogP contribution is -2.51. The molecule has 2 atom stereocenters. The molecule has 8 heteroatoms. The molecule has 0 rings (SSSR count). The molecule has 0 heterocycles. The summed E-state index contributed by atoms with van der Waals surface area (Å²) in [5.74, 6) is -1.63.